The van der Waals surface area contributed by atoms with Crippen molar-refractivity contribution in [3.05, 3.63) is 90.5 Å². The number of anilines is 1. The van der Waals surface area contributed by atoms with Gasteiger partial charge in [-0.05, 0) is 29.8 Å². The van der Waals surface area contributed by atoms with Gasteiger partial charge in [-0.25, -0.2) is 0 Å². The van der Waals surface area contributed by atoms with Crippen molar-refractivity contribution in [1.82, 2.24) is 5.32 Å². The number of ether oxygens (including phenoxy) is 1. The number of hydrogen-bond donors (Lipinski definition) is 2. The summed E-state index contributed by atoms with van der Waals surface area (Å²) in [4.78, 5) is 12.9. The van der Waals surface area contributed by atoms with Gasteiger partial charge in [0, 0.05) is 30.8 Å². The first-order valence-electron chi connectivity index (χ1n) is 9.19. The van der Waals surface area contributed by atoms with Crippen molar-refractivity contribution >= 4 is 24.0 Å². The fourth-order valence-corrected chi connectivity index (χ4v) is 3.50. The third-order valence-corrected chi connectivity index (χ3v) is 4.86. The molecule has 4 nitrogen and oxygen atoms in total. The molecule has 2 N–H and O–H groups in total. The lowest BCUT2D eigenvalue weighted by Crippen LogP contribution is -2.28. The normalized spacial score (nSPS) is 18.1. The molecule has 3 aromatic carbocycles. The van der Waals surface area contributed by atoms with Crippen molar-refractivity contribution in [1.29, 1.82) is 0 Å². The summed E-state index contributed by atoms with van der Waals surface area (Å²) in [5.41, 5.74) is 1.94. The smallest absolute Gasteiger partial charge is 0.229 e. The van der Waals surface area contributed by atoms with Gasteiger partial charge in [-0.2, -0.15) is 0 Å². The first kappa shape index (κ1) is 19.9. The lowest BCUT2D eigenvalue weighted by atomic mass is 9.88. The summed E-state index contributed by atoms with van der Waals surface area (Å²) < 4.78 is 5.85. The highest BCUT2D eigenvalue weighted by molar-refractivity contribution is 5.93. The monoisotopic (exact) mass is 394 g/mol. The Bertz CT molecular complexity index is 903. The molecule has 0 aromatic heterocycles. The van der Waals surface area contributed by atoms with Gasteiger partial charge in [-0.1, -0.05) is 54.6 Å². The molecule has 0 bridgehead atoms. The number of halogens is 1. The van der Waals surface area contributed by atoms with E-state index in [-0.39, 0.29) is 30.2 Å². The molecule has 0 radical (unpaired) electrons. The van der Waals surface area contributed by atoms with E-state index in [1.54, 1.807) is 0 Å². The molecule has 0 spiro atoms. The molecular weight excluding hydrogens is 372 g/mol. The fraction of sp³-hybridized carbons (Fsp3) is 0.174. The van der Waals surface area contributed by atoms with Gasteiger partial charge in [0.2, 0.25) is 5.91 Å². The average molecular weight is 395 g/mol. The summed E-state index contributed by atoms with van der Waals surface area (Å²) in [6.07, 6.45) is 0. The molecule has 0 aliphatic carbocycles. The highest BCUT2D eigenvalue weighted by atomic mass is 35.5. The number of nitrogens with one attached hydrogen (secondary N) is 2. The molecular formula is C23H23ClN2O2. The maximum atomic E-state index is 12.9. The molecule has 5 heteroatoms. The number of benzene rings is 3. The predicted octanol–water partition coefficient (Wildman–Crippen LogP) is 4.84. The molecule has 1 aliphatic heterocycles. The topological polar surface area (TPSA) is 50.4 Å². The van der Waals surface area contributed by atoms with Crippen molar-refractivity contribution < 1.29 is 9.53 Å². The highest BCUT2D eigenvalue weighted by Gasteiger charge is 2.33. The van der Waals surface area contributed by atoms with Crippen LogP contribution in [-0.4, -0.2) is 19.0 Å². The Hall–Kier alpha value is -2.82. The van der Waals surface area contributed by atoms with Gasteiger partial charge >= 0.3 is 0 Å². The van der Waals surface area contributed by atoms with E-state index in [4.69, 9.17) is 4.74 Å². The molecule has 1 aliphatic rings. The SMILES string of the molecule is Cl.O=C(Nc1cccc(Oc2ccccc2)c1)[C@H]1CNC[C@@H]1c1ccccc1. The average Bonchev–Trinajstić information content (AvgIpc) is 3.20. The largest absolute Gasteiger partial charge is 0.457 e. The molecule has 1 heterocycles. The van der Waals surface area contributed by atoms with Crippen LogP contribution in [0.25, 0.3) is 0 Å². The highest BCUT2D eigenvalue weighted by Crippen LogP contribution is 2.30. The number of hydrogen-bond acceptors (Lipinski definition) is 3. The van der Waals surface area contributed by atoms with Crippen LogP contribution < -0.4 is 15.4 Å². The van der Waals surface area contributed by atoms with Gasteiger partial charge in [0.05, 0.1) is 5.92 Å². The van der Waals surface area contributed by atoms with Gasteiger partial charge in [0.15, 0.2) is 0 Å². The molecule has 1 amide bonds. The van der Waals surface area contributed by atoms with Gasteiger partial charge in [0.1, 0.15) is 11.5 Å². The van der Waals surface area contributed by atoms with Crippen molar-refractivity contribution in [2.75, 3.05) is 18.4 Å². The quantitative estimate of drug-likeness (QED) is 0.650. The Kier molecular flexibility index (Phi) is 6.69. The Morgan fingerprint density at radius 3 is 2.29 bits per heavy atom. The summed E-state index contributed by atoms with van der Waals surface area (Å²) in [6, 6.07) is 27.3. The van der Waals surface area contributed by atoms with Crippen LogP contribution in [0.5, 0.6) is 11.5 Å². The third kappa shape index (κ3) is 4.71. The second-order valence-corrected chi connectivity index (χ2v) is 6.71. The second-order valence-electron chi connectivity index (χ2n) is 6.71. The Morgan fingerprint density at radius 1 is 0.857 bits per heavy atom. The predicted molar refractivity (Wildman–Crippen MR) is 114 cm³/mol. The van der Waals surface area contributed by atoms with Crippen LogP contribution in [0.1, 0.15) is 11.5 Å². The van der Waals surface area contributed by atoms with Crippen molar-refractivity contribution in [2.45, 2.75) is 5.92 Å². The Labute approximate surface area is 171 Å². The van der Waals surface area contributed by atoms with E-state index in [1.807, 2.05) is 72.8 Å². The first-order valence-corrected chi connectivity index (χ1v) is 9.19. The van der Waals surface area contributed by atoms with E-state index in [1.165, 1.54) is 5.56 Å². The maximum Gasteiger partial charge on any atom is 0.229 e. The maximum absolute atomic E-state index is 12.9. The summed E-state index contributed by atoms with van der Waals surface area (Å²) in [7, 11) is 0. The second kappa shape index (κ2) is 9.40. The summed E-state index contributed by atoms with van der Waals surface area (Å²) >= 11 is 0. The van der Waals surface area contributed by atoms with Crippen LogP contribution in [0.15, 0.2) is 84.9 Å². The first-order chi connectivity index (χ1) is 13.3. The number of carbonyl (C=O) groups excluding carboxylic acids is 1. The van der Waals surface area contributed by atoms with Crippen LogP contribution in [0, 0.1) is 5.92 Å². The minimum Gasteiger partial charge on any atom is -0.457 e. The van der Waals surface area contributed by atoms with Crippen molar-refractivity contribution in [3.8, 4) is 11.5 Å². The number of carbonyl (C=O) groups is 1. The Balaban J connectivity index is 0.00000225. The van der Waals surface area contributed by atoms with Gasteiger partial charge < -0.3 is 15.4 Å². The van der Waals surface area contributed by atoms with Crippen LogP contribution in [-0.2, 0) is 4.79 Å². The minimum atomic E-state index is -0.0916. The summed E-state index contributed by atoms with van der Waals surface area (Å²) in [5, 5.41) is 6.40. The molecule has 1 saturated heterocycles. The Morgan fingerprint density at radius 2 is 1.54 bits per heavy atom. The third-order valence-electron chi connectivity index (χ3n) is 4.86. The minimum absolute atomic E-state index is 0. The van der Waals surface area contributed by atoms with E-state index < -0.39 is 0 Å². The molecule has 1 fully saturated rings. The van der Waals surface area contributed by atoms with E-state index in [0.717, 1.165) is 18.0 Å². The zero-order valence-electron chi connectivity index (χ0n) is 15.4. The van der Waals surface area contributed by atoms with E-state index in [9.17, 15) is 4.79 Å². The zero-order chi connectivity index (χ0) is 18.5. The molecule has 4 rings (SSSR count). The van der Waals surface area contributed by atoms with E-state index in [2.05, 4.69) is 22.8 Å². The molecule has 2 atom stereocenters. The van der Waals surface area contributed by atoms with Crippen molar-refractivity contribution in [3.63, 3.8) is 0 Å². The molecule has 0 unspecified atom stereocenters. The van der Waals surface area contributed by atoms with E-state index >= 15 is 0 Å². The lowest BCUT2D eigenvalue weighted by molar-refractivity contribution is -0.119. The van der Waals surface area contributed by atoms with Gasteiger partial charge in [-0.3, -0.25) is 4.79 Å². The summed E-state index contributed by atoms with van der Waals surface area (Å²) in [5.74, 6) is 1.60. The van der Waals surface area contributed by atoms with Crippen LogP contribution in [0.2, 0.25) is 0 Å². The summed E-state index contributed by atoms with van der Waals surface area (Å²) in [6.45, 7) is 1.50. The van der Waals surface area contributed by atoms with Crippen molar-refractivity contribution in [2.24, 2.45) is 5.92 Å². The number of amides is 1. The zero-order valence-corrected chi connectivity index (χ0v) is 16.2. The van der Waals surface area contributed by atoms with Crippen LogP contribution in [0.3, 0.4) is 0 Å². The van der Waals surface area contributed by atoms with Gasteiger partial charge in [-0.15, -0.1) is 12.4 Å². The van der Waals surface area contributed by atoms with Crippen LogP contribution >= 0.6 is 12.4 Å². The number of rotatable bonds is 5. The lowest BCUT2D eigenvalue weighted by Gasteiger charge is -2.19. The number of para-hydroxylation sites is 1. The standard InChI is InChI=1S/C23H22N2O2.ClH/c26-23(22-16-24-15-21(22)17-8-3-1-4-9-17)25-18-10-7-13-20(14-18)27-19-11-5-2-6-12-19;/h1-14,21-22,24H,15-16H2,(H,25,26);1H/t21-,22+;/m1./s1. The van der Waals surface area contributed by atoms with E-state index in [0.29, 0.717) is 12.3 Å². The molecule has 0 saturated carbocycles. The molecule has 3 aromatic rings. The fourth-order valence-electron chi connectivity index (χ4n) is 3.50. The van der Waals surface area contributed by atoms with Crippen LogP contribution in [0.4, 0.5) is 5.69 Å². The molecule has 144 valence electrons. The molecule has 28 heavy (non-hydrogen) atoms. The van der Waals surface area contributed by atoms with Gasteiger partial charge in [0.25, 0.3) is 0 Å².